The number of hydrazine groups is 1. The Morgan fingerprint density at radius 2 is 1.86 bits per heavy atom. The molecule has 3 aromatic rings. The van der Waals surface area contributed by atoms with Crippen molar-refractivity contribution >= 4 is 17.8 Å². The van der Waals surface area contributed by atoms with Crippen LogP contribution in [0.15, 0.2) is 82.9 Å². The van der Waals surface area contributed by atoms with E-state index < -0.39 is 29.1 Å². The van der Waals surface area contributed by atoms with Gasteiger partial charge < -0.3 is 24.1 Å². The second kappa shape index (κ2) is 17.3. The summed E-state index contributed by atoms with van der Waals surface area (Å²) in [5, 5.41) is 12.8. The minimum atomic E-state index is -1.63. The number of nitrogens with zero attached hydrogens (tertiary/aromatic N) is 4. The first kappa shape index (κ1) is 36.7. The summed E-state index contributed by atoms with van der Waals surface area (Å²) in [6.45, 7) is 6.13. The molecule has 13 nitrogen and oxygen atoms in total. The second-order valence-electron chi connectivity index (χ2n) is 12.4. The Hall–Kier alpha value is -5.10. The third-order valence-electron chi connectivity index (χ3n) is 7.68. The average Bonchev–Trinajstić information content (AvgIpc) is 3.49. The highest BCUT2D eigenvalue weighted by atomic mass is 16.6. The maximum Gasteiger partial charge on any atom is 0.306 e. The molecule has 260 valence electrons. The molecule has 1 heterocycles. The zero-order valence-electron chi connectivity index (χ0n) is 28.3. The SMILES string of the molecule is COc1cccc(CCNNC(=O)[C@@]2(CCC(=O)OC(C)(C)C)N=C(c3ccc(OCCCO)cc3)O[C@H]2c2ccccc2CN=[N+]=[N-])c1. The Labute approximate surface area is 286 Å². The standard InChI is InChI=1S/C36H44N6O7/c1-35(2,3)49-31(44)17-19-36(34(45)41-38-20-18-25-9-7-11-29(23-25)46-4)32(30-12-6-5-10-27(30)24-39-42-37)48-33(40-36)26-13-15-28(16-14-26)47-22-8-21-43/h5-7,9-16,23,32,38,43H,8,17-22,24H2,1-4H3,(H,41,45)/t32-,36-/m0/s1. The first-order valence-electron chi connectivity index (χ1n) is 16.2. The number of carbonyl (C=O) groups is 2. The summed E-state index contributed by atoms with van der Waals surface area (Å²) >= 11 is 0. The van der Waals surface area contributed by atoms with Gasteiger partial charge in [-0.15, -0.1) is 0 Å². The first-order valence-corrected chi connectivity index (χ1v) is 16.2. The highest BCUT2D eigenvalue weighted by Crippen LogP contribution is 2.44. The fourth-order valence-electron chi connectivity index (χ4n) is 5.36. The fourth-order valence-corrected chi connectivity index (χ4v) is 5.36. The van der Waals surface area contributed by atoms with Crippen LogP contribution in [0.4, 0.5) is 0 Å². The molecule has 0 aliphatic carbocycles. The molecule has 1 aliphatic heterocycles. The van der Waals surface area contributed by atoms with Crippen LogP contribution in [0.3, 0.4) is 0 Å². The van der Waals surface area contributed by atoms with Crippen molar-refractivity contribution in [2.75, 3.05) is 26.9 Å². The lowest BCUT2D eigenvalue weighted by molar-refractivity contribution is -0.155. The van der Waals surface area contributed by atoms with Crippen molar-refractivity contribution in [2.24, 2.45) is 10.1 Å². The predicted octanol–water partition coefficient (Wildman–Crippen LogP) is 5.51. The van der Waals surface area contributed by atoms with Crippen molar-refractivity contribution in [3.63, 3.8) is 0 Å². The molecule has 49 heavy (non-hydrogen) atoms. The number of methoxy groups -OCH3 is 1. The molecule has 3 aromatic carbocycles. The number of aliphatic imine (C=N–C) groups is 1. The van der Waals surface area contributed by atoms with Gasteiger partial charge >= 0.3 is 5.97 Å². The van der Waals surface area contributed by atoms with Gasteiger partial charge in [0.1, 0.15) is 17.1 Å². The zero-order valence-corrected chi connectivity index (χ0v) is 28.3. The van der Waals surface area contributed by atoms with Gasteiger partial charge in [-0.2, -0.15) is 0 Å². The van der Waals surface area contributed by atoms with Crippen molar-refractivity contribution in [2.45, 2.75) is 70.2 Å². The number of hydrogen-bond donors (Lipinski definition) is 3. The molecular formula is C36H44N6O7. The number of aliphatic hydroxyl groups excluding tert-OH is 1. The van der Waals surface area contributed by atoms with Crippen molar-refractivity contribution < 1.29 is 33.6 Å². The summed E-state index contributed by atoms with van der Waals surface area (Å²) in [7, 11) is 1.61. The number of rotatable bonds is 17. The normalized spacial score (nSPS) is 16.9. The lowest BCUT2D eigenvalue weighted by Gasteiger charge is -2.31. The lowest BCUT2D eigenvalue weighted by Crippen LogP contribution is -2.53. The van der Waals surface area contributed by atoms with E-state index in [1.54, 1.807) is 76.4 Å². The summed E-state index contributed by atoms with van der Waals surface area (Å²) in [6.07, 6.45) is -0.0646. The third-order valence-corrected chi connectivity index (χ3v) is 7.68. The van der Waals surface area contributed by atoms with E-state index in [2.05, 4.69) is 20.9 Å². The Kier molecular flexibility index (Phi) is 13.0. The smallest absolute Gasteiger partial charge is 0.306 e. The van der Waals surface area contributed by atoms with Crippen LogP contribution in [0.1, 0.15) is 68.4 Å². The number of esters is 1. The number of benzene rings is 3. The molecule has 4 rings (SSSR count). The maximum atomic E-state index is 14.4. The van der Waals surface area contributed by atoms with Crippen LogP contribution in [0, 0.1) is 0 Å². The van der Waals surface area contributed by atoms with E-state index in [4.69, 9.17) is 34.6 Å². The van der Waals surface area contributed by atoms with Gasteiger partial charge in [0, 0.05) is 36.5 Å². The van der Waals surface area contributed by atoms with Crippen LogP contribution in [-0.4, -0.2) is 60.9 Å². The highest BCUT2D eigenvalue weighted by Gasteiger charge is 2.54. The zero-order chi connectivity index (χ0) is 35.3. The molecule has 1 aliphatic rings. The molecule has 1 amide bonds. The van der Waals surface area contributed by atoms with Gasteiger partial charge in [0.25, 0.3) is 5.91 Å². The Bertz CT molecular complexity index is 1650. The number of aliphatic hydroxyl groups is 1. The van der Waals surface area contributed by atoms with Gasteiger partial charge in [0.05, 0.1) is 20.3 Å². The van der Waals surface area contributed by atoms with Gasteiger partial charge in [0.15, 0.2) is 11.6 Å². The number of nitrogens with one attached hydrogen (secondary N) is 2. The maximum absolute atomic E-state index is 14.4. The molecule has 0 radical (unpaired) electrons. The van der Waals surface area contributed by atoms with Crippen molar-refractivity contribution in [1.29, 1.82) is 0 Å². The van der Waals surface area contributed by atoms with E-state index >= 15 is 0 Å². The number of ether oxygens (including phenoxy) is 4. The van der Waals surface area contributed by atoms with Crippen LogP contribution < -0.4 is 20.3 Å². The Morgan fingerprint density at radius 1 is 1.08 bits per heavy atom. The molecule has 0 saturated carbocycles. The molecule has 0 unspecified atom stereocenters. The van der Waals surface area contributed by atoms with Crippen LogP contribution in [-0.2, 0) is 32.0 Å². The third kappa shape index (κ3) is 10.2. The number of carbonyl (C=O) groups excluding carboxylic acids is 2. The molecule has 13 heteroatoms. The van der Waals surface area contributed by atoms with Crippen molar-refractivity contribution in [3.8, 4) is 11.5 Å². The van der Waals surface area contributed by atoms with Gasteiger partial charge in [-0.3, -0.25) is 15.0 Å². The number of azide groups is 1. The predicted molar refractivity (Wildman–Crippen MR) is 184 cm³/mol. The summed E-state index contributed by atoms with van der Waals surface area (Å²) in [5.74, 6) is 0.533. The quantitative estimate of drug-likeness (QED) is 0.0420. The topological polar surface area (TPSA) is 176 Å². The van der Waals surface area contributed by atoms with Crippen LogP contribution >= 0.6 is 0 Å². The molecule has 3 N–H and O–H groups in total. The molecule has 0 bridgehead atoms. The van der Waals surface area contributed by atoms with E-state index in [9.17, 15) is 9.59 Å². The Morgan fingerprint density at radius 3 is 2.57 bits per heavy atom. The van der Waals surface area contributed by atoms with Crippen molar-refractivity contribution in [1.82, 2.24) is 10.9 Å². The van der Waals surface area contributed by atoms with Gasteiger partial charge in [-0.05, 0) is 92.2 Å². The first-order chi connectivity index (χ1) is 23.6. The van der Waals surface area contributed by atoms with E-state index in [0.29, 0.717) is 48.4 Å². The molecule has 0 saturated heterocycles. The van der Waals surface area contributed by atoms with Crippen LogP contribution in [0.5, 0.6) is 11.5 Å². The second-order valence-corrected chi connectivity index (χ2v) is 12.4. The fraction of sp³-hybridized carbons (Fsp3) is 0.417. The minimum absolute atomic E-state index is 0.0182. The van der Waals surface area contributed by atoms with E-state index in [1.165, 1.54) is 0 Å². The molecule has 0 aromatic heterocycles. The molecular weight excluding hydrogens is 628 g/mol. The largest absolute Gasteiger partial charge is 0.497 e. The lowest BCUT2D eigenvalue weighted by atomic mass is 9.82. The highest BCUT2D eigenvalue weighted by molar-refractivity contribution is 6.01. The van der Waals surface area contributed by atoms with E-state index in [-0.39, 0.29) is 31.9 Å². The van der Waals surface area contributed by atoms with Gasteiger partial charge in [-0.25, -0.2) is 10.4 Å². The molecule has 2 atom stereocenters. The molecule has 0 spiro atoms. The minimum Gasteiger partial charge on any atom is -0.497 e. The molecule has 0 fully saturated rings. The average molecular weight is 673 g/mol. The summed E-state index contributed by atoms with van der Waals surface area (Å²) in [6, 6.07) is 21.9. The number of hydrogen-bond acceptors (Lipinski definition) is 10. The number of amides is 1. The summed E-state index contributed by atoms with van der Waals surface area (Å²) in [4.78, 5) is 35.3. The van der Waals surface area contributed by atoms with Gasteiger partial charge in [0.2, 0.25) is 5.90 Å². The Balaban J connectivity index is 1.70. The van der Waals surface area contributed by atoms with E-state index in [1.807, 2.05) is 24.3 Å². The van der Waals surface area contributed by atoms with Crippen LogP contribution in [0.2, 0.25) is 0 Å². The van der Waals surface area contributed by atoms with Crippen molar-refractivity contribution in [3.05, 3.63) is 105 Å². The van der Waals surface area contributed by atoms with Crippen LogP contribution in [0.25, 0.3) is 10.4 Å². The van der Waals surface area contributed by atoms with E-state index in [0.717, 1.165) is 11.3 Å². The summed E-state index contributed by atoms with van der Waals surface area (Å²) in [5.41, 5.74) is 15.4. The summed E-state index contributed by atoms with van der Waals surface area (Å²) < 4.78 is 23.2. The van der Waals surface area contributed by atoms with Gasteiger partial charge in [-0.1, -0.05) is 41.5 Å². The monoisotopic (exact) mass is 672 g/mol.